The van der Waals surface area contributed by atoms with E-state index in [-0.39, 0.29) is 11.5 Å². The highest BCUT2D eigenvalue weighted by Crippen LogP contribution is 2.37. The van der Waals surface area contributed by atoms with E-state index in [1.165, 1.54) is 13.0 Å². The average molecular weight is 374 g/mol. The lowest BCUT2D eigenvalue weighted by Gasteiger charge is -2.27. The van der Waals surface area contributed by atoms with E-state index >= 15 is 0 Å². The third kappa shape index (κ3) is 5.70. The molecule has 0 aliphatic rings. The van der Waals surface area contributed by atoms with Gasteiger partial charge in [0.25, 0.3) is 0 Å². The summed E-state index contributed by atoms with van der Waals surface area (Å²) in [6.45, 7) is 3.48. The number of ether oxygens (including phenoxy) is 2. The van der Waals surface area contributed by atoms with Gasteiger partial charge in [-0.25, -0.2) is 4.79 Å². The van der Waals surface area contributed by atoms with Crippen LogP contribution in [0, 0.1) is 0 Å². The number of aromatic hydroxyl groups is 2. The summed E-state index contributed by atoms with van der Waals surface area (Å²) >= 11 is 0. The highest BCUT2D eigenvalue weighted by atomic mass is 16.7. The van der Waals surface area contributed by atoms with Gasteiger partial charge in [-0.1, -0.05) is 50.1 Å². The van der Waals surface area contributed by atoms with Gasteiger partial charge in [0.2, 0.25) is 6.29 Å². The van der Waals surface area contributed by atoms with Gasteiger partial charge in [0.1, 0.15) is 6.10 Å². The van der Waals surface area contributed by atoms with Crippen molar-refractivity contribution in [2.75, 3.05) is 0 Å². The van der Waals surface area contributed by atoms with Gasteiger partial charge in [0.05, 0.1) is 11.7 Å². The van der Waals surface area contributed by atoms with Crippen molar-refractivity contribution in [3.63, 3.8) is 0 Å². The van der Waals surface area contributed by atoms with Crippen LogP contribution in [0.2, 0.25) is 0 Å². The molecule has 0 aliphatic carbocycles. The number of unbranched alkanes of at least 4 members (excludes halogenated alkanes) is 1. The quantitative estimate of drug-likeness (QED) is 0.350. The molecule has 0 heterocycles. The molecule has 3 N–H and O–H groups in total. The molecule has 2 aromatic rings. The Morgan fingerprint density at radius 3 is 2.41 bits per heavy atom. The Hall–Kier alpha value is -2.57. The third-order valence-electron chi connectivity index (χ3n) is 4.14. The van der Waals surface area contributed by atoms with Crippen LogP contribution in [0.4, 0.5) is 0 Å². The molecule has 3 atom stereocenters. The molecule has 6 heteroatoms. The lowest BCUT2D eigenvalue weighted by atomic mass is 10.0. The smallest absolute Gasteiger partial charge is 0.340 e. The number of carbonyl (C=O) groups excluding carboxylic acids is 1. The van der Waals surface area contributed by atoms with Crippen LogP contribution >= 0.6 is 0 Å². The molecule has 6 nitrogen and oxygen atoms in total. The van der Waals surface area contributed by atoms with Crippen LogP contribution < -0.4 is 0 Å². The second-order valence-electron chi connectivity index (χ2n) is 6.36. The van der Waals surface area contributed by atoms with Crippen molar-refractivity contribution in [2.24, 2.45) is 0 Å². The van der Waals surface area contributed by atoms with Crippen LogP contribution in [0.15, 0.2) is 48.5 Å². The van der Waals surface area contributed by atoms with Crippen molar-refractivity contribution in [1.29, 1.82) is 0 Å². The van der Waals surface area contributed by atoms with Gasteiger partial charge < -0.3 is 24.8 Å². The molecule has 0 aliphatic heterocycles. The summed E-state index contributed by atoms with van der Waals surface area (Å²) in [5.41, 5.74) is 0.724. The summed E-state index contributed by atoms with van der Waals surface area (Å²) in [5.74, 6) is -1.15. The Balaban J connectivity index is 2.21. The molecular weight excluding hydrogens is 348 g/mol. The minimum absolute atomic E-state index is 0.257. The normalized spacial score (nSPS) is 14.3. The molecule has 27 heavy (non-hydrogen) atoms. The minimum atomic E-state index is -1.22. The number of benzene rings is 2. The van der Waals surface area contributed by atoms with Gasteiger partial charge in [0, 0.05) is 5.56 Å². The monoisotopic (exact) mass is 374 g/mol. The summed E-state index contributed by atoms with van der Waals surface area (Å²) < 4.78 is 11.2. The predicted molar refractivity (Wildman–Crippen MR) is 100 cm³/mol. The van der Waals surface area contributed by atoms with E-state index in [9.17, 15) is 20.1 Å². The Labute approximate surface area is 159 Å². The highest BCUT2D eigenvalue weighted by molar-refractivity contribution is 5.89. The highest BCUT2D eigenvalue weighted by Gasteiger charge is 2.28. The SMILES string of the molecule is CCCCC(OC(OC(=O)c1ccccc1)C(C)O)c1cccc(O)c1O. The molecule has 0 fully saturated rings. The maximum atomic E-state index is 12.3. The summed E-state index contributed by atoms with van der Waals surface area (Å²) in [6, 6.07) is 13.0. The molecule has 0 aromatic heterocycles. The van der Waals surface area contributed by atoms with Crippen LogP contribution in [-0.2, 0) is 9.47 Å². The standard InChI is InChI=1S/C21H26O6/c1-3-4-13-18(16-11-8-12-17(23)19(16)24)26-21(14(2)22)27-20(25)15-9-6-5-7-10-15/h5-12,14,18,21-24H,3-4,13H2,1-2H3. The Morgan fingerprint density at radius 1 is 1.07 bits per heavy atom. The molecule has 2 rings (SSSR count). The van der Waals surface area contributed by atoms with Crippen LogP contribution in [0.1, 0.15) is 55.1 Å². The van der Waals surface area contributed by atoms with Crippen molar-refractivity contribution >= 4 is 5.97 Å². The van der Waals surface area contributed by atoms with Gasteiger partial charge in [-0.2, -0.15) is 0 Å². The first kappa shape index (κ1) is 20.7. The number of esters is 1. The van der Waals surface area contributed by atoms with E-state index in [1.807, 2.05) is 6.92 Å². The first-order chi connectivity index (χ1) is 12.9. The summed E-state index contributed by atoms with van der Waals surface area (Å²) in [7, 11) is 0. The van der Waals surface area contributed by atoms with E-state index in [2.05, 4.69) is 0 Å². The van der Waals surface area contributed by atoms with Crippen LogP contribution in [0.25, 0.3) is 0 Å². The molecule has 0 bridgehead atoms. The molecule has 146 valence electrons. The molecule has 0 amide bonds. The molecular formula is C21H26O6. The fraction of sp³-hybridized carbons (Fsp3) is 0.381. The average Bonchev–Trinajstić information content (AvgIpc) is 2.67. The largest absolute Gasteiger partial charge is 0.504 e. The number of aliphatic hydroxyl groups excluding tert-OH is 1. The Bertz CT molecular complexity index is 729. The van der Waals surface area contributed by atoms with Crippen molar-refractivity contribution in [3.05, 3.63) is 59.7 Å². The Kier molecular flexibility index (Phi) is 7.64. The second kappa shape index (κ2) is 9.94. The second-order valence-corrected chi connectivity index (χ2v) is 6.36. The number of carbonyl (C=O) groups is 1. The number of hydrogen-bond acceptors (Lipinski definition) is 6. The van der Waals surface area contributed by atoms with E-state index in [0.717, 1.165) is 12.8 Å². The topological polar surface area (TPSA) is 96.2 Å². The fourth-order valence-corrected chi connectivity index (χ4v) is 2.64. The van der Waals surface area contributed by atoms with Crippen LogP contribution in [-0.4, -0.2) is 33.7 Å². The predicted octanol–water partition coefficient (Wildman–Crippen LogP) is 3.91. The lowest BCUT2D eigenvalue weighted by Crippen LogP contribution is -2.33. The van der Waals surface area contributed by atoms with Crippen molar-refractivity contribution in [2.45, 2.75) is 51.6 Å². The molecule has 0 spiro atoms. The number of hydrogen-bond donors (Lipinski definition) is 3. The zero-order valence-electron chi connectivity index (χ0n) is 15.5. The van der Waals surface area contributed by atoms with E-state index < -0.39 is 24.5 Å². The van der Waals surface area contributed by atoms with Gasteiger partial charge in [-0.3, -0.25) is 0 Å². The summed E-state index contributed by atoms with van der Waals surface area (Å²) in [4.78, 5) is 12.3. The minimum Gasteiger partial charge on any atom is -0.504 e. The third-order valence-corrected chi connectivity index (χ3v) is 4.14. The maximum absolute atomic E-state index is 12.3. The van der Waals surface area contributed by atoms with E-state index in [4.69, 9.17) is 9.47 Å². The van der Waals surface area contributed by atoms with Crippen molar-refractivity contribution in [1.82, 2.24) is 0 Å². The Morgan fingerprint density at radius 2 is 1.78 bits per heavy atom. The molecule has 0 saturated carbocycles. The molecule has 0 saturated heterocycles. The van der Waals surface area contributed by atoms with E-state index in [0.29, 0.717) is 17.5 Å². The van der Waals surface area contributed by atoms with E-state index in [1.54, 1.807) is 42.5 Å². The summed E-state index contributed by atoms with van der Waals surface area (Å²) in [6.07, 6.45) is -0.746. The summed E-state index contributed by atoms with van der Waals surface area (Å²) in [5, 5.41) is 30.0. The van der Waals surface area contributed by atoms with Gasteiger partial charge in [-0.15, -0.1) is 0 Å². The van der Waals surface area contributed by atoms with Crippen LogP contribution in [0.3, 0.4) is 0 Å². The number of para-hydroxylation sites is 1. The molecule has 2 aromatic carbocycles. The zero-order chi connectivity index (χ0) is 19.8. The fourth-order valence-electron chi connectivity index (χ4n) is 2.64. The number of phenolic OH excluding ortho intramolecular Hbond substituents is 2. The number of rotatable bonds is 9. The lowest BCUT2D eigenvalue weighted by molar-refractivity contribution is -0.188. The first-order valence-corrected chi connectivity index (χ1v) is 9.04. The molecule has 0 radical (unpaired) electrons. The maximum Gasteiger partial charge on any atom is 0.340 e. The first-order valence-electron chi connectivity index (χ1n) is 9.04. The van der Waals surface area contributed by atoms with Crippen molar-refractivity contribution < 1.29 is 29.6 Å². The number of phenols is 2. The number of aliphatic hydroxyl groups is 1. The van der Waals surface area contributed by atoms with Gasteiger partial charge in [0.15, 0.2) is 11.5 Å². The zero-order valence-corrected chi connectivity index (χ0v) is 15.5. The molecule has 3 unspecified atom stereocenters. The van der Waals surface area contributed by atoms with Gasteiger partial charge >= 0.3 is 5.97 Å². The van der Waals surface area contributed by atoms with Gasteiger partial charge in [-0.05, 0) is 31.5 Å². The van der Waals surface area contributed by atoms with Crippen LogP contribution in [0.5, 0.6) is 11.5 Å². The van der Waals surface area contributed by atoms with Crippen molar-refractivity contribution in [3.8, 4) is 11.5 Å².